The van der Waals surface area contributed by atoms with Gasteiger partial charge in [0.15, 0.2) is 0 Å². The third-order valence-electron chi connectivity index (χ3n) is 3.28. The SMILES string of the molecule is COCCNCCCN1C(=O)C(C)C(C)C1=O. The summed E-state index contributed by atoms with van der Waals surface area (Å²) >= 11 is 0. The van der Waals surface area contributed by atoms with Crippen LogP contribution in [0.2, 0.25) is 0 Å². The molecule has 2 unspecified atom stereocenters. The second-order valence-electron chi connectivity index (χ2n) is 4.50. The summed E-state index contributed by atoms with van der Waals surface area (Å²) < 4.78 is 4.90. The fraction of sp³-hybridized carbons (Fsp3) is 0.833. The van der Waals surface area contributed by atoms with Gasteiger partial charge in [0.1, 0.15) is 0 Å². The van der Waals surface area contributed by atoms with E-state index in [2.05, 4.69) is 5.32 Å². The van der Waals surface area contributed by atoms with Crippen molar-refractivity contribution in [3.8, 4) is 0 Å². The molecule has 0 spiro atoms. The van der Waals surface area contributed by atoms with Crippen molar-refractivity contribution in [2.75, 3.05) is 33.4 Å². The lowest BCUT2D eigenvalue weighted by Crippen LogP contribution is -2.33. The lowest BCUT2D eigenvalue weighted by Gasteiger charge is -2.14. The summed E-state index contributed by atoms with van der Waals surface area (Å²) in [5.74, 6) is -0.383. The van der Waals surface area contributed by atoms with Crippen LogP contribution in [0.15, 0.2) is 0 Å². The molecule has 2 atom stereocenters. The zero-order valence-electron chi connectivity index (χ0n) is 10.9. The lowest BCUT2D eigenvalue weighted by atomic mass is 10.00. The van der Waals surface area contributed by atoms with Crippen molar-refractivity contribution in [2.24, 2.45) is 11.8 Å². The predicted molar refractivity (Wildman–Crippen MR) is 64.4 cm³/mol. The zero-order chi connectivity index (χ0) is 12.8. The number of nitrogens with one attached hydrogen (secondary N) is 1. The van der Waals surface area contributed by atoms with Gasteiger partial charge in [-0.3, -0.25) is 14.5 Å². The third kappa shape index (κ3) is 3.51. The quantitative estimate of drug-likeness (QED) is 0.514. The number of imide groups is 1. The van der Waals surface area contributed by atoms with E-state index in [-0.39, 0.29) is 23.7 Å². The molecule has 1 aliphatic rings. The van der Waals surface area contributed by atoms with E-state index in [0.717, 1.165) is 19.5 Å². The smallest absolute Gasteiger partial charge is 0.232 e. The number of carbonyl (C=O) groups is 2. The highest BCUT2D eigenvalue weighted by Crippen LogP contribution is 2.25. The molecule has 1 N–H and O–H groups in total. The highest BCUT2D eigenvalue weighted by molar-refractivity contribution is 6.04. The van der Waals surface area contributed by atoms with Crippen LogP contribution in [0.1, 0.15) is 20.3 Å². The highest BCUT2D eigenvalue weighted by Gasteiger charge is 2.41. The van der Waals surface area contributed by atoms with Gasteiger partial charge in [-0.15, -0.1) is 0 Å². The van der Waals surface area contributed by atoms with Crippen LogP contribution in [-0.2, 0) is 14.3 Å². The molecule has 17 heavy (non-hydrogen) atoms. The second kappa shape index (κ2) is 6.71. The maximum Gasteiger partial charge on any atom is 0.232 e. The Morgan fingerprint density at radius 2 is 1.76 bits per heavy atom. The number of amides is 2. The molecule has 0 aromatic heterocycles. The van der Waals surface area contributed by atoms with Crippen LogP contribution in [0.25, 0.3) is 0 Å². The van der Waals surface area contributed by atoms with Gasteiger partial charge < -0.3 is 10.1 Å². The number of hydrogen-bond donors (Lipinski definition) is 1. The normalized spacial score (nSPS) is 24.8. The molecule has 98 valence electrons. The van der Waals surface area contributed by atoms with Crippen molar-refractivity contribution in [3.05, 3.63) is 0 Å². The number of methoxy groups -OCH3 is 1. The molecule has 0 aromatic rings. The molecular weight excluding hydrogens is 220 g/mol. The summed E-state index contributed by atoms with van der Waals surface area (Å²) in [7, 11) is 1.66. The van der Waals surface area contributed by atoms with Gasteiger partial charge in [0, 0.05) is 32.0 Å². The topological polar surface area (TPSA) is 58.6 Å². The lowest BCUT2D eigenvalue weighted by molar-refractivity contribution is -0.139. The van der Waals surface area contributed by atoms with Crippen molar-refractivity contribution in [2.45, 2.75) is 20.3 Å². The molecule has 1 aliphatic heterocycles. The van der Waals surface area contributed by atoms with E-state index in [1.165, 1.54) is 4.90 Å². The van der Waals surface area contributed by atoms with Gasteiger partial charge in [-0.25, -0.2) is 0 Å². The van der Waals surface area contributed by atoms with Gasteiger partial charge >= 0.3 is 0 Å². The van der Waals surface area contributed by atoms with E-state index in [1.807, 2.05) is 13.8 Å². The van der Waals surface area contributed by atoms with Gasteiger partial charge in [-0.1, -0.05) is 13.8 Å². The minimum Gasteiger partial charge on any atom is -0.383 e. The Kier molecular flexibility index (Phi) is 5.58. The van der Waals surface area contributed by atoms with E-state index >= 15 is 0 Å². The van der Waals surface area contributed by atoms with E-state index < -0.39 is 0 Å². The number of carbonyl (C=O) groups excluding carboxylic acids is 2. The summed E-state index contributed by atoms with van der Waals surface area (Å²) in [5, 5.41) is 3.19. The predicted octanol–water partition coefficient (Wildman–Crippen LogP) is 0.253. The van der Waals surface area contributed by atoms with Crippen LogP contribution >= 0.6 is 0 Å². The minimum atomic E-state index is -0.163. The Hall–Kier alpha value is -0.940. The van der Waals surface area contributed by atoms with Crippen LogP contribution in [0.5, 0.6) is 0 Å². The first-order valence-corrected chi connectivity index (χ1v) is 6.14. The summed E-state index contributed by atoms with van der Waals surface area (Å²) in [6.45, 7) is 6.43. The average molecular weight is 242 g/mol. The highest BCUT2D eigenvalue weighted by atomic mass is 16.5. The molecule has 1 heterocycles. The molecule has 1 fully saturated rings. The molecule has 0 radical (unpaired) electrons. The maximum absolute atomic E-state index is 11.8. The Bertz CT molecular complexity index is 261. The van der Waals surface area contributed by atoms with E-state index in [1.54, 1.807) is 7.11 Å². The largest absolute Gasteiger partial charge is 0.383 e. The van der Waals surface area contributed by atoms with Crippen LogP contribution in [0.4, 0.5) is 0 Å². The molecular formula is C12H22N2O3. The molecule has 1 saturated heterocycles. The average Bonchev–Trinajstić information content (AvgIpc) is 2.50. The zero-order valence-corrected chi connectivity index (χ0v) is 10.9. The fourth-order valence-corrected chi connectivity index (χ4v) is 1.91. The molecule has 1 rings (SSSR count). The van der Waals surface area contributed by atoms with Crippen LogP contribution < -0.4 is 5.32 Å². The fourth-order valence-electron chi connectivity index (χ4n) is 1.91. The summed E-state index contributed by atoms with van der Waals surface area (Å²) in [6.07, 6.45) is 0.792. The van der Waals surface area contributed by atoms with Crippen LogP contribution in [0.3, 0.4) is 0 Å². The van der Waals surface area contributed by atoms with Crippen LogP contribution in [0, 0.1) is 11.8 Å². The number of nitrogens with zero attached hydrogens (tertiary/aromatic N) is 1. The van der Waals surface area contributed by atoms with Crippen LogP contribution in [-0.4, -0.2) is 50.1 Å². The first kappa shape index (κ1) is 14.1. The molecule has 5 nitrogen and oxygen atoms in total. The van der Waals surface area contributed by atoms with Gasteiger partial charge in [-0.05, 0) is 13.0 Å². The number of hydrogen-bond acceptors (Lipinski definition) is 4. The van der Waals surface area contributed by atoms with Crippen molar-refractivity contribution in [3.63, 3.8) is 0 Å². The van der Waals surface area contributed by atoms with E-state index in [0.29, 0.717) is 13.2 Å². The molecule has 0 saturated carbocycles. The third-order valence-corrected chi connectivity index (χ3v) is 3.28. The molecule has 5 heteroatoms. The summed E-state index contributed by atoms with van der Waals surface area (Å²) in [5.41, 5.74) is 0. The van der Waals surface area contributed by atoms with Gasteiger partial charge in [0.25, 0.3) is 0 Å². The standard InChI is InChI=1S/C12H22N2O3/c1-9-10(2)12(16)14(11(9)15)7-4-5-13-6-8-17-3/h9-10,13H,4-8H2,1-3H3. The van der Waals surface area contributed by atoms with Crippen molar-refractivity contribution in [1.29, 1.82) is 0 Å². The van der Waals surface area contributed by atoms with Crippen molar-refractivity contribution >= 4 is 11.8 Å². The van der Waals surface area contributed by atoms with E-state index in [9.17, 15) is 9.59 Å². The number of ether oxygens (including phenoxy) is 1. The first-order chi connectivity index (χ1) is 8.09. The number of likely N-dealkylation sites (tertiary alicyclic amines) is 1. The summed E-state index contributed by atoms with van der Waals surface area (Å²) in [4.78, 5) is 24.9. The van der Waals surface area contributed by atoms with Crippen molar-refractivity contribution < 1.29 is 14.3 Å². The minimum absolute atomic E-state index is 0.0283. The number of rotatable bonds is 7. The molecule has 0 aromatic carbocycles. The van der Waals surface area contributed by atoms with Crippen molar-refractivity contribution in [1.82, 2.24) is 10.2 Å². The summed E-state index contributed by atoms with van der Waals surface area (Å²) in [6, 6.07) is 0. The first-order valence-electron chi connectivity index (χ1n) is 6.14. The van der Waals surface area contributed by atoms with E-state index in [4.69, 9.17) is 4.74 Å². The Morgan fingerprint density at radius 3 is 2.29 bits per heavy atom. The Labute approximate surface area is 102 Å². The molecule has 2 amide bonds. The van der Waals surface area contributed by atoms with Gasteiger partial charge in [-0.2, -0.15) is 0 Å². The molecule has 0 bridgehead atoms. The Balaban J connectivity index is 2.23. The Morgan fingerprint density at radius 1 is 1.18 bits per heavy atom. The van der Waals surface area contributed by atoms with Gasteiger partial charge in [0.05, 0.1) is 6.61 Å². The van der Waals surface area contributed by atoms with Gasteiger partial charge in [0.2, 0.25) is 11.8 Å². The second-order valence-corrected chi connectivity index (χ2v) is 4.50. The monoisotopic (exact) mass is 242 g/mol. The maximum atomic E-state index is 11.8. The molecule has 0 aliphatic carbocycles.